The van der Waals surface area contributed by atoms with E-state index in [0.29, 0.717) is 11.6 Å². The first-order chi connectivity index (χ1) is 12.4. The van der Waals surface area contributed by atoms with Gasteiger partial charge in [-0.15, -0.1) is 0 Å². The van der Waals surface area contributed by atoms with Gasteiger partial charge < -0.3 is 10.2 Å². The van der Waals surface area contributed by atoms with Gasteiger partial charge in [-0.05, 0) is 44.0 Å². The van der Waals surface area contributed by atoms with Crippen LogP contribution in [-0.2, 0) is 22.6 Å². The van der Waals surface area contributed by atoms with E-state index in [1.54, 1.807) is 24.0 Å². The lowest BCUT2D eigenvalue weighted by molar-refractivity contribution is -0.140. The van der Waals surface area contributed by atoms with Crippen molar-refractivity contribution in [2.24, 2.45) is 0 Å². The predicted molar refractivity (Wildman–Crippen MR) is 105 cm³/mol. The molecule has 0 aliphatic heterocycles. The molecule has 2 rings (SSSR count). The summed E-state index contributed by atoms with van der Waals surface area (Å²) in [6.07, 6.45) is 0.225. The molecule has 2 aromatic carbocycles. The topological polar surface area (TPSA) is 49.4 Å². The van der Waals surface area contributed by atoms with Gasteiger partial charge in [0.1, 0.15) is 6.04 Å². The fourth-order valence-corrected chi connectivity index (χ4v) is 2.77. The number of amides is 2. The molecular formula is C21H25ClN2O2. The van der Waals surface area contributed by atoms with E-state index < -0.39 is 6.04 Å². The number of nitrogens with one attached hydrogen (secondary N) is 1. The van der Waals surface area contributed by atoms with Crippen LogP contribution >= 0.6 is 11.6 Å². The van der Waals surface area contributed by atoms with Gasteiger partial charge in [0.05, 0.1) is 6.42 Å². The van der Waals surface area contributed by atoms with E-state index in [9.17, 15) is 9.59 Å². The Bertz CT molecular complexity index is 729. The first-order valence-electron chi connectivity index (χ1n) is 8.75. The monoisotopic (exact) mass is 372 g/mol. The maximum Gasteiger partial charge on any atom is 0.242 e. The normalized spacial score (nSPS) is 11.9. The molecule has 0 bridgehead atoms. The van der Waals surface area contributed by atoms with Crippen molar-refractivity contribution >= 4 is 23.4 Å². The summed E-state index contributed by atoms with van der Waals surface area (Å²) >= 11 is 5.91. The molecule has 0 radical (unpaired) electrons. The second-order valence-electron chi connectivity index (χ2n) is 6.65. The molecule has 0 aliphatic rings. The molecule has 138 valence electrons. The van der Waals surface area contributed by atoms with Crippen LogP contribution in [0.5, 0.6) is 0 Å². The number of hydrogen-bond donors (Lipinski definition) is 1. The summed E-state index contributed by atoms with van der Waals surface area (Å²) < 4.78 is 0. The highest BCUT2D eigenvalue weighted by Crippen LogP contribution is 2.14. The molecule has 0 saturated heterocycles. The highest BCUT2D eigenvalue weighted by atomic mass is 35.5. The van der Waals surface area contributed by atoms with Gasteiger partial charge in [-0.3, -0.25) is 9.59 Å². The van der Waals surface area contributed by atoms with Crippen LogP contribution in [0.1, 0.15) is 31.9 Å². The molecule has 0 saturated carbocycles. The Hall–Kier alpha value is -2.33. The summed E-state index contributed by atoms with van der Waals surface area (Å²) in [5, 5.41) is 3.52. The van der Waals surface area contributed by atoms with Crippen molar-refractivity contribution in [3.05, 3.63) is 70.7 Å². The Kier molecular flexibility index (Phi) is 7.22. The van der Waals surface area contributed by atoms with E-state index in [0.717, 1.165) is 11.1 Å². The molecule has 2 aromatic rings. The Morgan fingerprint density at radius 3 is 2.15 bits per heavy atom. The molecule has 2 amide bonds. The van der Waals surface area contributed by atoms with Gasteiger partial charge in [0.15, 0.2) is 0 Å². The van der Waals surface area contributed by atoms with Gasteiger partial charge >= 0.3 is 0 Å². The van der Waals surface area contributed by atoms with Crippen molar-refractivity contribution < 1.29 is 9.59 Å². The van der Waals surface area contributed by atoms with Crippen LogP contribution < -0.4 is 5.32 Å². The Morgan fingerprint density at radius 2 is 1.58 bits per heavy atom. The zero-order chi connectivity index (χ0) is 19.1. The van der Waals surface area contributed by atoms with E-state index in [4.69, 9.17) is 11.6 Å². The predicted octanol–water partition coefficient (Wildman–Crippen LogP) is 3.82. The number of benzene rings is 2. The average molecular weight is 373 g/mol. The molecule has 5 heteroatoms. The Morgan fingerprint density at radius 1 is 0.962 bits per heavy atom. The number of carbonyl (C=O) groups is 2. The van der Waals surface area contributed by atoms with Crippen molar-refractivity contribution in [3.63, 3.8) is 0 Å². The summed E-state index contributed by atoms with van der Waals surface area (Å²) in [6, 6.07) is 16.4. The minimum Gasteiger partial charge on any atom is -0.352 e. The van der Waals surface area contributed by atoms with Crippen LogP contribution in [0, 0.1) is 0 Å². The van der Waals surface area contributed by atoms with E-state index in [1.165, 1.54) is 0 Å². The lowest BCUT2D eigenvalue weighted by atomic mass is 10.1. The molecule has 0 aromatic heterocycles. The fraction of sp³-hybridized carbons (Fsp3) is 0.333. The Labute approximate surface area is 160 Å². The van der Waals surface area contributed by atoms with E-state index in [2.05, 4.69) is 5.32 Å². The van der Waals surface area contributed by atoms with Crippen LogP contribution in [0.2, 0.25) is 5.02 Å². The van der Waals surface area contributed by atoms with Gasteiger partial charge in [-0.1, -0.05) is 54.1 Å². The molecule has 0 aliphatic carbocycles. The number of halogens is 1. The quantitative estimate of drug-likeness (QED) is 0.803. The molecule has 0 unspecified atom stereocenters. The molecule has 1 atom stereocenters. The first kappa shape index (κ1) is 20.0. The summed E-state index contributed by atoms with van der Waals surface area (Å²) in [5.41, 5.74) is 1.86. The standard InChI is InChI=1S/C21H25ClN2O2/c1-15(2)23-21(26)16(3)24(14-18-7-5-4-6-8-18)20(25)13-17-9-11-19(22)12-10-17/h4-12,15-16H,13-14H2,1-3H3,(H,23,26)/t16-/m0/s1. The zero-order valence-electron chi connectivity index (χ0n) is 15.4. The highest BCUT2D eigenvalue weighted by molar-refractivity contribution is 6.30. The van der Waals surface area contributed by atoms with E-state index in [-0.39, 0.29) is 24.3 Å². The van der Waals surface area contributed by atoms with Gasteiger partial charge in [-0.2, -0.15) is 0 Å². The summed E-state index contributed by atoms with van der Waals surface area (Å²) in [4.78, 5) is 27.0. The zero-order valence-corrected chi connectivity index (χ0v) is 16.2. The SMILES string of the molecule is CC(C)NC(=O)[C@H](C)N(Cc1ccccc1)C(=O)Cc1ccc(Cl)cc1. The minimum absolute atomic E-state index is 0.0230. The Balaban J connectivity index is 2.19. The van der Waals surface area contributed by atoms with Crippen LogP contribution in [0.3, 0.4) is 0 Å². The van der Waals surface area contributed by atoms with Gasteiger partial charge in [0.25, 0.3) is 0 Å². The molecule has 0 heterocycles. The average Bonchev–Trinajstić information content (AvgIpc) is 2.61. The fourth-order valence-electron chi connectivity index (χ4n) is 2.65. The van der Waals surface area contributed by atoms with Gasteiger partial charge in [-0.25, -0.2) is 0 Å². The molecule has 0 fully saturated rings. The number of hydrogen-bond acceptors (Lipinski definition) is 2. The first-order valence-corrected chi connectivity index (χ1v) is 9.13. The smallest absolute Gasteiger partial charge is 0.242 e. The summed E-state index contributed by atoms with van der Waals surface area (Å²) in [7, 11) is 0. The summed E-state index contributed by atoms with van der Waals surface area (Å²) in [6.45, 7) is 5.96. The van der Waals surface area contributed by atoms with Crippen LogP contribution in [-0.4, -0.2) is 28.8 Å². The summed E-state index contributed by atoms with van der Waals surface area (Å²) in [5.74, 6) is -0.247. The van der Waals surface area contributed by atoms with Crippen molar-refractivity contribution in [3.8, 4) is 0 Å². The molecule has 0 spiro atoms. The van der Waals surface area contributed by atoms with E-state index >= 15 is 0 Å². The lowest BCUT2D eigenvalue weighted by Crippen LogP contribution is -2.49. The van der Waals surface area contributed by atoms with E-state index in [1.807, 2.05) is 56.3 Å². The number of rotatable bonds is 7. The van der Waals surface area contributed by atoms with Crippen molar-refractivity contribution in [2.75, 3.05) is 0 Å². The molecule has 26 heavy (non-hydrogen) atoms. The molecular weight excluding hydrogens is 348 g/mol. The van der Waals surface area contributed by atoms with Crippen molar-refractivity contribution in [2.45, 2.75) is 45.8 Å². The van der Waals surface area contributed by atoms with Crippen LogP contribution in [0.25, 0.3) is 0 Å². The van der Waals surface area contributed by atoms with Gasteiger partial charge in [0, 0.05) is 17.6 Å². The maximum absolute atomic E-state index is 12.9. The number of carbonyl (C=O) groups excluding carboxylic acids is 2. The largest absolute Gasteiger partial charge is 0.352 e. The number of nitrogens with zero attached hydrogens (tertiary/aromatic N) is 1. The third kappa shape index (κ3) is 5.88. The second kappa shape index (κ2) is 9.39. The minimum atomic E-state index is -0.558. The third-order valence-corrected chi connectivity index (χ3v) is 4.31. The lowest BCUT2D eigenvalue weighted by Gasteiger charge is -2.29. The molecule has 1 N–H and O–H groups in total. The maximum atomic E-state index is 12.9. The third-order valence-electron chi connectivity index (χ3n) is 4.06. The highest BCUT2D eigenvalue weighted by Gasteiger charge is 2.26. The van der Waals surface area contributed by atoms with Crippen LogP contribution in [0.4, 0.5) is 0 Å². The van der Waals surface area contributed by atoms with Crippen molar-refractivity contribution in [1.82, 2.24) is 10.2 Å². The molecule has 4 nitrogen and oxygen atoms in total. The second-order valence-corrected chi connectivity index (χ2v) is 7.09. The van der Waals surface area contributed by atoms with Gasteiger partial charge in [0.2, 0.25) is 11.8 Å². The van der Waals surface area contributed by atoms with Crippen LogP contribution in [0.15, 0.2) is 54.6 Å². The van der Waals surface area contributed by atoms with Crippen molar-refractivity contribution in [1.29, 1.82) is 0 Å².